The third kappa shape index (κ3) is 4.75. The minimum Gasteiger partial charge on any atom is -0.347 e. The standard InChI is InChI=1S/C19H26N4O2/c1-5-13(6-2)19(25)23-17(12(3)4)15-10-16(24)22-18(21-15)14-8-7-9-20-11-14/h7-13,17H,5-6H2,1-4H3,(H,23,25)(H,21,22,24)/t17-/m0/s1. The van der Waals surface area contributed by atoms with E-state index < -0.39 is 0 Å². The minimum absolute atomic E-state index is 0.00806. The molecular formula is C19H26N4O2. The molecule has 2 rings (SSSR count). The van der Waals surface area contributed by atoms with Crippen LogP contribution in [0.1, 0.15) is 52.3 Å². The highest BCUT2D eigenvalue weighted by Crippen LogP contribution is 2.22. The van der Waals surface area contributed by atoms with E-state index in [-0.39, 0.29) is 29.3 Å². The van der Waals surface area contributed by atoms with Crippen molar-refractivity contribution in [1.82, 2.24) is 20.3 Å². The van der Waals surface area contributed by atoms with Crippen LogP contribution >= 0.6 is 0 Å². The van der Waals surface area contributed by atoms with Gasteiger partial charge in [-0.3, -0.25) is 14.6 Å². The van der Waals surface area contributed by atoms with Gasteiger partial charge < -0.3 is 10.3 Å². The maximum absolute atomic E-state index is 12.5. The number of aromatic nitrogens is 3. The van der Waals surface area contributed by atoms with Gasteiger partial charge in [-0.25, -0.2) is 4.98 Å². The van der Waals surface area contributed by atoms with Gasteiger partial charge in [-0.2, -0.15) is 0 Å². The van der Waals surface area contributed by atoms with Crippen LogP contribution in [-0.4, -0.2) is 20.9 Å². The summed E-state index contributed by atoms with van der Waals surface area (Å²) >= 11 is 0. The SMILES string of the molecule is CCC(CC)C(=O)N[C@H](c1cc(=O)[nH]c(-c2cccnc2)n1)C(C)C. The van der Waals surface area contributed by atoms with E-state index >= 15 is 0 Å². The average molecular weight is 342 g/mol. The molecule has 0 aliphatic rings. The highest BCUT2D eigenvalue weighted by atomic mass is 16.2. The van der Waals surface area contributed by atoms with E-state index in [9.17, 15) is 9.59 Å². The summed E-state index contributed by atoms with van der Waals surface area (Å²) in [5, 5.41) is 3.07. The van der Waals surface area contributed by atoms with E-state index in [4.69, 9.17) is 0 Å². The Morgan fingerprint density at radius 2 is 2.00 bits per heavy atom. The third-order valence-corrected chi connectivity index (χ3v) is 4.34. The van der Waals surface area contributed by atoms with E-state index in [1.807, 2.05) is 33.8 Å². The van der Waals surface area contributed by atoms with Gasteiger partial charge >= 0.3 is 0 Å². The van der Waals surface area contributed by atoms with Gasteiger partial charge in [-0.15, -0.1) is 0 Å². The zero-order valence-corrected chi connectivity index (χ0v) is 15.2. The first-order chi connectivity index (χ1) is 12.0. The van der Waals surface area contributed by atoms with Gasteiger partial charge in [0.25, 0.3) is 5.56 Å². The van der Waals surface area contributed by atoms with Gasteiger partial charge in [-0.05, 0) is 30.9 Å². The van der Waals surface area contributed by atoms with Crippen LogP contribution in [0.25, 0.3) is 11.4 Å². The quantitative estimate of drug-likeness (QED) is 0.809. The number of rotatable bonds is 7. The number of hydrogen-bond acceptors (Lipinski definition) is 4. The Morgan fingerprint density at radius 3 is 2.56 bits per heavy atom. The van der Waals surface area contributed by atoms with E-state index in [2.05, 4.69) is 20.3 Å². The predicted octanol–water partition coefficient (Wildman–Crippen LogP) is 3.08. The average Bonchev–Trinajstić information content (AvgIpc) is 2.60. The summed E-state index contributed by atoms with van der Waals surface area (Å²) in [6.07, 6.45) is 4.89. The van der Waals surface area contributed by atoms with Crippen molar-refractivity contribution in [2.75, 3.05) is 0 Å². The lowest BCUT2D eigenvalue weighted by atomic mass is 9.97. The normalized spacial score (nSPS) is 12.4. The van der Waals surface area contributed by atoms with Crippen LogP contribution in [0, 0.1) is 11.8 Å². The molecule has 0 fully saturated rings. The molecule has 0 bridgehead atoms. The van der Waals surface area contributed by atoms with E-state index in [1.54, 1.807) is 18.5 Å². The van der Waals surface area contributed by atoms with Gasteiger partial charge in [0.2, 0.25) is 5.91 Å². The first kappa shape index (κ1) is 18.8. The summed E-state index contributed by atoms with van der Waals surface area (Å²) < 4.78 is 0. The number of aromatic amines is 1. The number of nitrogens with one attached hydrogen (secondary N) is 2. The lowest BCUT2D eigenvalue weighted by Gasteiger charge is -2.24. The third-order valence-electron chi connectivity index (χ3n) is 4.34. The lowest BCUT2D eigenvalue weighted by molar-refractivity contribution is -0.126. The smallest absolute Gasteiger partial charge is 0.251 e. The molecule has 6 nitrogen and oxygen atoms in total. The van der Waals surface area contributed by atoms with E-state index in [1.165, 1.54) is 6.07 Å². The van der Waals surface area contributed by atoms with Crippen molar-refractivity contribution in [1.29, 1.82) is 0 Å². The number of hydrogen-bond donors (Lipinski definition) is 2. The molecule has 1 amide bonds. The number of carbonyl (C=O) groups excluding carboxylic acids is 1. The molecule has 0 saturated carbocycles. The molecule has 2 heterocycles. The summed E-state index contributed by atoms with van der Waals surface area (Å²) in [5.41, 5.74) is 1.05. The molecule has 0 aliphatic heterocycles. The maximum Gasteiger partial charge on any atom is 0.251 e. The van der Waals surface area contributed by atoms with Crippen LogP contribution in [-0.2, 0) is 4.79 Å². The summed E-state index contributed by atoms with van der Waals surface area (Å²) in [7, 11) is 0. The number of pyridine rings is 1. The second-order valence-electron chi connectivity index (χ2n) is 6.50. The van der Waals surface area contributed by atoms with Crippen LogP contribution < -0.4 is 10.9 Å². The fraction of sp³-hybridized carbons (Fsp3) is 0.474. The van der Waals surface area contributed by atoms with Crippen molar-refractivity contribution in [2.45, 2.75) is 46.6 Å². The Labute approximate surface area is 148 Å². The van der Waals surface area contributed by atoms with Crippen molar-refractivity contribution in [3.63, 3.8) is 0 Å². The Balaban J connectivity index is 2.37. The molecule has 2 aromatic heterocycles. The zero-order valence-electron chi connectivity index (χ0n) is 15.2. The van der Waals surface area contributed by atoms with Crippen LogP contribution in [0.4, 0.5) is 0 Å². The molecule has 25 heavy (non-hydrogen) atoms. The molecule has 6 heteroatoms. The molecule has 1 atom stereocenters. The number of H-pyrrole nitrogens is 1. The van der Waals surface area contributed by atoms with Crippen LogP contribution in [0.2, 0.25) is 0 Å². The molecule has 0 unspecified atom stereocenters. The molecule has 0 radical (unpaired) electrons. The fourth-order valence-corrected chi connectivity index (χ4v) is 2.79. The summed E-state index contributed by atoms with van der Waals surface area (Å²) in [6, 6.07) is 4.77. The second kappa shape index (κ2) is 8.55. The monoisotopic (exact) mass is 342 g/mol. The Morgan fingerprint density at radius 1 is 1.28 bits per heavy atom. The predicted molar refractivity (Wildman–Crippen MR) is 97.9 cm³/mol. The zero-order chi connectivity index (χ0) is 18.4. The molecular weight excluding hydrogens is 316 g/mol. The molecule has 0 aromatic carbocycles. The maximum atomic E-state index is 12.5. The molecule has 0 aliphatic carbocycles. The largest absolute Gasteiger partial charge is 0.347 e. The van der Waals surface area contributed by atoms with Crippen LogP contribution in [0.3, 0.4) is 0 Å². The Hall–Kier alpha value is -2.50. The van der Waals surface area contributed by atoms with Crippen LogP contribution in [0.5, 0.6) is 0 Å². The van der Waals surface area contributed by atoms with Crippen molar-refractivity contribution in [2.24, 2.45) is 11.8 Å². The molecule has 2 N–H and O–H groups in total. The first-order valence-electron chi connectivity index (χ1n) is 8.78. The van der Waals surface area contributed by atoms with Gasteiger partial charge in [0.1, 0.15) is 5.82 Å². The van der Waals surface area contributed by atoms with Gasteiger partial charge in [0, 0.05) is 29.9 Å². The van der Waals surface area contributed by atoms with E-state index in [0.717, 1.165) is 18.4 Å². The lowest BCUT2D eigenvalue weighted by Crippen LogP contribution is -2.37. The molecule has 0 saturated heterocycles. The minimum atomic E-state index is -0.314. The number of amides is 1. The first-order valence-corrected chi connectivity index (χ1v) is 8.78. The van der Waals surface area contributed by atoms with E-state index in [0.29, 0.717) is 11.5 Å². The highest BCUT2D eigenvalue weighted by Gasteiger charge is 2.24. The number of carbonyl (C=O) groups is 1. The van der Waals surface area contributed by atoms with Gasteiger partial charge in [-0.1, -0.05) is 27.7 Å². The van der Waals surface area contributed by atoms with Gasteiger partial charge in [0.15, 0.2) is 0 Å². The highest BCUT2D eigenvalue weighted by molar-refractivity contribution is 5.79. The summed E-state index contributed by atoms with van der Waals surface area (Å²) in [6.45, 7) is 8.02. The topological polar surface area (TPSA) is 87.7 Å². The summed E-state index contributed by atoms with van der Waals surface area (Å²) in [4.78, 5) is 36.0. The second-order valence-corrected chi connectivity index (χ2v) is 6.50. The molecule has 134 valence electrons. The fourth-order valence-electron chi connectivity index (χ4n) is 2.79. The number of nitrogens with zero attached hydrogens (tertiary/aromatic N) is 2. The van der Waals surface area contributed by atoms with Crippen molar-refractivity contribution in [3.05, 3.63) is 46.6 Å². The van der Waals surface area contributed by atoms with Crippen molar-refractivity contribution < 1.29 is 4.79 Å². The molecule has 0 spiro atoms. The van der Waals surface area contributed by atoms with Crippen molar-refractivity contribution in [3.8, 4) is 11.4 Å². The van der Waals surface area contributed by atoms with Crippen LogP contribution in [0.15, 0.2) is 35.4 Å². The summed E-state index contributed by atoms with van der Waals surface area (Å²) in [5.74, 6) is 0.544. The van der Waals surface area contributed by atoms with Crippen molar-refractivity contribution >= 4 is 5.91 Å². The van der Waals surface area contributed by atoms with Gasteiger partial charge in [0.05, 0.1) is 11.7 Å². The molecule has 2 aromatic rings. The Bertz CT molecular complexity index is 752. The Kier molecular flexibility index (Phi) is 6.44.